The lowest BCUT2D eigenvalue weighted by atomic mass is 9.73. The number of Topliss-reactive ketones (excluding diaryl/α,β-unsaturated/α-hetero) is 1. The molecule has 0 aliphatic heterocycles. The summed E-state index contributed by atoms with van der Waals surface area (Å²) in [7, 11) is 0. The van der Waals surface area contributed by atoms with E-state index in [1.807, 2.05) is 0 Å². The third-order valence-electron chi connectivity index (χ3n) is 6.62. The summed E-state index contributed by atoms with van der Waals surface area (Å²) in [6.45, 7) is 8.68. The predicted molar refractivity (Wildman–Crippen MR) is 133 cm³/mol. The number of benzene rings is 2. The zero-order valence-corrected chi connectivity index (χ0v) is 20.5. The highest BCUT2D eigenvalue weighted by Gasteiger charge is 2.44. The molecule has 0 saturated heterocycles. The number of ketones is 1. The molecular formula is C28H35BrO. The quantitative estimate of drug-likeness (QED) is 0.228. The molecule has 2 aromatic carbocycles. The Morgan fingerprint density at radius 3 is 2.20 bits per heavy atom. The summed E-state index contributed by atoms with van der Waals surface area (Å²) >= 11 is 3.78. The molecule has 3 rings (SSSR count). The van der Waals surface area contributed by atoms with Crippen molar-refractivity contribution >= 4 is 27.8 Å². The monoisotopic (exact) mass is 466 g/mol. The van der Waals surface area contributed by atoms with Crippen molar-refractivity contribution in [1.29, 1.82) is 0 Å². The average molecular weight is 467 g/mol. The molecule has 0 amide bonds. The molecule has 1 fully saturated rings. The molecule has 0 aromatic heterocycles. The van der Waals surface area contributed by atoms with Gasteiger partial charge in [-0.25, -0.2) is 0 Å². The van der Waals surface area contributed by atoms with Crippen LogP contribution in [0.15, 0.2) is 54.1 Å². The van der Waals surface area contributed by atoms with Crippen LogP contribution in [0.3, 0.4) is 0 Å². The molecule has 2 atom stereocenters. The molecular weight excluding hydrogens is 432 g/mol. The molecule has 1 nitrogen and oxygen atoms in total. The van der Waals surface area contributed by atoms with E-state index < -0.39 is 4.32 Å². The number of rotatable bonds is 7. The summed E-state index contributed by atoms with van der Waals surface area (Å²) in [5, 5.41) is 0. The van der Waals surface area contributed by atoms with Gasteiger partial charge in [0.1, 0.15) is 0 Å². The van der Waals surface area contributed by atoms with Gasteiger partial charge in [-0.3, -0.25) is 4.79 Å². The summed E-state index contributed by atoms with van der Waals surface area (Å²) in [4.78, 5) is 13.2. The first kappa shape index (κ1) is 23.0. The fraction of sp³-hybridized carbons (Fsp3) is 0.464. The van der Waals surface area contributed by atoms with Gasteiger partial charge >= 0.3 is 0 Å². The van der Waals surface area contributed by atoms with E-state index in [4.69, 9.17) is 0 Å². The van der Waals surface area contributed by atoms with Crippen LogP contribution in [0.2, 0.25) is 0 Å². The van der Waals surface area contributed by atoms with Crippen LogP contribution in [0.25, 0.3) is 17.2 Å². The number of carbonyl (C=O) groups is 1. The second-order valence-corrected chi connectivity index (χ2v) is 10.6. The zero-order chi connectivity index (χ0) is 21.7. The topological polar surface area (TPSA) is 17.1 Å². The number of allylic oxidation sites excluding steroid dienone is 1. The van der Waals surface area contributed by atoms with Gasteiger partial charge in [-0.2, -0.15) is 0 Å². The van der Waals surface area contributed by atoms with Gasteiger partial charge in [-0.1, -0.05) is 105 Å². The summed E-state index contributed by atoms with van der Waals surface area (Å²) in [5.74, 6) is 0.856. The van der Waals surface area contributed by atoms with Crippen molar-refractivity contribution in [2.24, 2.45) is 11.8 Å². The Morgan fingerprint density at radius 2 is 1.63 bits per heavy atom. The number of alkyl halides is 1. The van der Waals surface area contributed by atoms with Crippen molar-refractivity contribution < 1.29 is 4.79 Å². The van der Waals surface area contributed by atoms with E-state index in [9.17, 15) is 4.79 Å². The van der Waals surface area contributed by atoms with Crippen LogP contribution in [0.1, 0.15) is 70.9 Å². The maximum atomic E-state index is 13.2. The fourth-order valence-corrected chi connectivity index (χ4v) is 4.77. The highest BCUT2D eigenvalue weighted by atomic mass is 79.9. The zero-order valence-electron chi connectivity index (χ0n) is 18.9. The molecule has 0 spiro atoms. The summed E-state index contributed by atoms with van der Waals surface area (Å²) < 4.78 is -0.413. The molecule has 0 radical (unpaired) electrons. The summed E-state index contributed by atoms with van der Waals surface area (Å²) in [6.07, 6.45) is 9.05. The van der Waals surface area contributed by atoms with Crippen molar-refractivity contribution in [1.82, 2.24) is 0 Å². The second-order valence-electron chi connectivity index (χ2n) is 9.16. The largest absolute Gasteiger partial charge is 0.293 e. The van der Waals surface area contributed by atoms with E-state index in [0.29, 0.717) is 5.92 Å². The van der Waals surface area contributed by atoms with Gasteiger partial charge in [0, 0.05) is 5.57 Å². The molecule has 2 aromatic rings. The first-order valence-corrected chi connectivity index (χ1v) is 12.3. The Morgan fingerprint density at radius 1 is 1.03 bits per heavy atom. The van der Waals surface area contributed by atoms with E-state index in [0.717, 1.165) is 30.4 Å². The van der Waals surface area contributed by atoms with Gasteiger partial charge in [0.15, 0.2) is 5.78 Å². The summed E-state index contributed by atoms with van der Waals surface area (Å²) in [6, 6.07) is 17.6. The summed E-state index contributed by atoms with van der Waals surface area (Å²) in [5.41, 5.74) is 5.94. The molecule has 0 N–H and O–H groups in total. The minimum atomic E-state index is -0.413. The first-order chi connectivity index (χ1) is 14.3. The minimum Gasteiger partial charge on any atom is -0.293 e. The van der Waals surface area contributed by atoms with Crippen molar-refractivity contribution in [2.45, 2.75) is 70.5 Å². The lowest BCUT2D eigenvalue weighted by Gasteiger charge is -2.38. The normalized spacial score (nSPS) is 23.3. The van der Waals surface area contributed by atoms with Gasteiger partial charge in [0.25, 0.3) is 0 Å². The number of aryl methyl sites for hydroxylation is 1. The second kappa shape index (κ2) is 10.1. The average Bonchev–Trinajstić information content (AvgIpc) is 2.75. The number of hydrogen-bond acceptors (Lipinski definition) is 1. The molecule has 2 unspecified atom stereocenters. The Balaban J connectivity index is 1.76. The van der Waals surface area contributed by atoms with E-state index >= 15 is 0 Å². The van der Waals surface area contributed by atoms with Crippen LogP contribution in [0.5, 0.6) is 0 Å². The lowest BCUT2D eigenvalue weighted by Crippen LogP contribution is -2.43. The predicted octanol–water partition coefficient (Wildman–Crippen LogP) is 8.26. The molecule has 1 aliphatic rings. The van der Waals surface area contributed by atoms with Gasteiger partial charge < -0.3 is 0 Å². The van der Waals surface area contributed by atoms with E-state index in [-0.39, 0.29) is 11.7 Å². The Bertz CT molecular complexity index is 876. The van der Waals surface area contributed by atoms with Crippen molar-refractivity contribution in [2.75, 3.05) is 0 Å². The van der Waals surface area contributed by atoms with Gasteiger partial charge in [-0.15, -0.1) is 0 Å². The first-order valence-electron chi connectivity index (χ1n) is 11.5. The molecule has 1 aliphatic carbocycles. The number of unbranched alkanes of at least 4 members (excludes halogenated alkanes) is 2. The number of carbonyl (C=O) groups excluding carboxylic acids is 1. The van der Waals surface area contributed by atoms with Gasteiger partial charge in [0.05, 0.1) is 4.32 Å². The van der Waals surface area contributed by atoms with E-state index in [1.165, 1.54) is 36.0 Å². The fourth-order valence-electron chi connectivity index (χ4n) is 4.31. The molecule has 1 saturated carbocycles. The Hall–Kier alpha value is -1.67. The van der Waals surface area contributed by atoms with Crippen LogP contribution >= 0.6 is 15.9 Å². The third kappa shape index (κ3) is 5.14. The molecule has 0 heterocycles. The van der Waals surface area contributed by atoms with E-state index in [2.05, 4.69) is 98.2 Å². The van der Waals surface area contributed by atoms with Gasteiger partial charge in [-0.05, 0) is 65.8 Å². The van der Waals surface area contributed by atoms with Crippen molar-refractivity contribution in [3.8, 4) is 11.1 Å². The standard InChI is InChI=1S/C28H35BrO/c1-5-6-7-8-22-9-13-24(14-10-22)25-15-11-23(12-16-25)19-26-21(4)17-18-28(29,20(2)3)27(26)30/h9-16,19-21H,5-8,17-18H2,1-4H3/b26-19-. The minimum absolute atomic E-state index is 0.263. The van der Waals surface area contributed by atoms with Crippen LogP contribution in [-0.4, -0.2) is 10.1 Å². The maximum Gasteiger partial charge on any atom is 0.176 e. The molecule has 2 heteroatoms. The number of hydrogen-bond donors (Lipinski definition) is 0. The SMILES string of the molecule is CCCCCc1ccc(-c2ccc(/C=C3\C(=O)C(Br)(C(C)C)CCC3C)cc2)cc1. The van der Waals surface area contributed by atoms with Crippen molar-refractivity contribution in [3.63, 3.8) is 0 Å². The third-order valence-corrected chi connectivity index (χ3v) is 8.29. The maximum absolute atomic E-state index is 13.2. The Kier molecular flexibility index (Phi) is 7.74. The Labute approximate surface area is 191 Å². The smallest absolute Gasteiger partial charge is 0.176 e. The lowest BCUT2D eigenvalue weighted by molar-refractivity contribution is -0.120. The van der Waals surface area contributed by atoms with Gasteiger partial charge in [0.2, 0.25) is 0 Å². The highest BCUT2D eigenvalue weighted by molar-refractivity contribution is 9.10. The van der Waals surface area contributed by atoms with Crippen LogP contribution in [0.4, 0.5) is 0 Å². The van der Waals surface area contributed by atoms with Crippen LogP contribution < -0.4 is 0 Å². The molecule has 0 bridgehead atoms. The highest BCUT2D eigenvalue weighted by Crippen LogP contribution is 2.44. The molecule has 160 valence electrons. The van der Waals surface area contributed by atoms with E-state index in [1.54, 1.807) is 0 Å². The number of halogens is 1. The van der Waals surface area contributed by atoms with Crippen molar-refractivity contribution in [3.05, 3.63) is 65.2 Å². The molecule has 30 heavy (non-hydrogen) atoms. The van der Waals surface area contributed by atoms with Crippen LogP contribution in [-0.2, 0) is 11.2 Å². The van der Waals surface area contributed by atoms with Crippen LogP contribution in [0, 0.1) is 11.8 Å².